The van der Waals surface area contributed by atoms with Crippen molar-refractivity contribution in [3.63, 3.8) is 0 Å². The number of aromatic nitrogens is 2. The van der Waals surface area contributed by atoms with Crippen molar-refractivity contribution in [2.24, 2.45) is 4.99 Å². The summed E-state index contributed by atoms with van der Waals surface area (Å²) in [5, 5.41) is 0. The Hall–Kier alpha value is -2.95. The molecule has 0 radical (unpaired) electrons. The normalized spacial score (nSPS) is 16.7. The van der Waals surface area contributed by atoms with Crippen LogP contribution in [0.1, 0.15) is 24.0 Å². The van der Waals surface area contributed by atoms with Crippen molar-refractivity contribution in [2.45, 2.75) is 12.8 Å². The van der Waals surface area contributed by atoms with E-state index in [1.807, 2.05) is 36.5 Å². The first kappa shape index (κ1) is 13.7. The zero-order valence-corrected chi connectivity index (χ0v) is 12.5. The number of nitrogens with one attached hydrogen (secondary N) is 1. The molecule has 3 aromatic rings. The fourth-order valence-corrected chi connectivity index (χ4v) is 2.85. The molecule has 0 bridgehead atoms. The number of fused-ring (bicyclic) bond motifs is 1. The van der Waals surface area contributed by atoms with Gasteiger partial charge in [-0.25, -0.2) is 4.79 Å². The van der Waals surface area contributed by atoms with Crippen molar-refractivity contribution >= 4 is 22.9 Å². The number of nitrogens with zero attached hydrogens (tertiary/aromatic N) is 2. The van der Waals surface area contributed by atoms with Gasteiger partial charge in [0.2, 0.25) is 0 Å². The number of pyridine rings is 1. The summed E-state index contributed by atoms with van der Waals surface area (Å²) in [6.45, 7) is 0.841. The number of allylic oxidation sites excluding steroid dienone is 1. The molecule has 0 saturated carbocycles. The third kappa shape index (κ3) is 2.73. The minimum Gasteiger partial charge on any atom is -0.408 e. The van der Waals surface area contributed by atoms with Crippen LogP contribution in [0.4, 0.5) is 0 Å². The smallest absolute Gasteiger partial charge is 0.408 e. The van der Waals surface area contributed by atoms with Crippen molar-refractivity contribution in [2.75, 3.05) is 6.54 Å². The molecule has 0 spiro atoms. The average molecular weight is 305 g/mol. The number of H-pyrrole nitrogens is 1. The summed E-state index contributed by atoms with van der Waals surface area (Å²) in [7, 11) is 0. The predicted octanol–water partition coefficient (Wildman–Crippen LogP) is 3.18. The Labute approximate surface area is 132 Å². The van der Waals surface area contributed by atoms with Crippen molar-refractivity contribution in [3.8, 4) is 0 Å². The quantitative estimate of drug-likeness (QED) is 0.790. The summed E-state index contributed by atoms with van der Waals surface area (Å²) in [4.78, 5) is 22.8. The van der Waals surface area contributed by atoms with Crippen LogP contribution < -0.4 is 5.76 Å². The molecule has 0 aliphatic carbocycles. The van der Waals surface area contributed by atoms with Crippen LogP contribution in [0.2, 0.25) is 0 Å². The van der Waals surface area contributed by atoms with Gasteiger partial charge in [0.05, 0.1) is 11.2 Å². The van der Waals surface area contributed by atoms with Gasteiger partial charge in [-0.2, -0.15) is 0 Å². The molecule has 2 aromatic heterocycles. The maximum atomic E-state index is 11.3. The fraction of sp³-hybridized carbons (Fsp3) is 0.167. The molecule has 0 atom stereocenters. The lowest BCUT2D eigenvalue weighted by Crippen LogP contribution is -2.11. The maximum absolute atomic E-state index is 11.3. The van der Waals surface area contributed by atoms with Crippen LogP contribution in [-0.4, -0.2) is 22.2 Å². The van der Waals surface area contributed by atoms with Gasteiger partial charge in [-0.15, -0.1) is 0 Å². The van der Waals surface area contributed by atoms with Crippen LogP contribution in [0.3, 0.4) is 0 Å². The van der Waals surface area contributed by atoms with Gasteiger partial charge in [0.15, 0.2) is 5.58 Å². The largest absolute Gasteiger partial charge is 0.417 e. The molecule has 1 aliphatic rings. The molecule has 23 heavy (non-hydrogen) atoms. The minimum atomic E-state index is -0.430. The highest BCUT2D eigenvalue weighted by Gasteiger charge is 2.14. The molecule has 0 saturated heterocycles. The van der Waals surface area contributed by atoms with Gasteiger partial charge >= 0.3 is 5.76 Å². The van der Waals surface area contributed by atoms with Crippen LogP contribution in [0.25, 0.3) is 17.2 Å². The van der Waals surface area contributed by atoms with Gasteiger partial charge in [0.1, 0.15) is 0 Å². The number of oxazole rings is 1. The third-order valence-electron chi connectivity index (χ3n) is 3.90. The Kier molecular flexibility index (Phi) is 3.38. The average Bonchev–Trinajstić information content (AvgIpc) is 2.95. The molecule has 3 heterocycles. The lowest BCUT2D eigenvalue weighted by Gasteiger charge is -2.16. The van der Waals surface area contributed by atoms with Crippen LogP contribution in [0, 0.1) is 0 Å². The Bertz CT molecular complexity index is 965. The van der Waals surface area contributed by atoms with Gasteiger partial charge in [-0.3, -0.25) is 15.0 Å². The van der Waals surface area contributed by atoms with Gasteiger partial charge in [-0.05, 0) is 54.3 Å². The standard InChI is InChI=1S/C18H15N3O2/c22-18-21-15-6-5-12(10-16(15)23-18)9-13-3-2-8-20-17(13)14-4-1-7-19-11-14/h1,4-7,9-11H,2-3,8H2,(H,21,22). The van der Waals surface area contributed by atoms with Gasteiger partial charge in [0, 0.05) is 24.5 Å². The highest BCUT2D eigenvalue weighted by atomic mass is 16.4. The molecular formula is C18H15N3O2. The molecule has 5 nitrogen and oxygen atoms in total. The molecule has 4 rings (SSSR count). The minimum absolute atomic E-state index is 0.430. The van der Waals surface area contributed by atoms with Crippen molar-refractivity contribution in [1.82, 2.24) is 9.97 Å². The summed E-state index contributed by atoms with van der Waals surface area (Å²) >= 11 is 0. The number of hydrogen-bond acceptors (Lipinski definition) is 4. The van der Waals surface area contributed by atoms with Crippen molar-refractivity contribution in [3.05, 3.63) is 70.0 Å². The Morgan fingerprint density at radius 3 is 3.09 bits per heavy atom. The first-order chi connectivity index (χ1) is 11.3. The second-order valence-corrected chi connectivity index (χ2v) is 5.52. The van der Waals surface area contributed by atoms with Crippen molar-refractivity contribution in [1.29, 1.82) is 0 Å². The molecule has 1 aliphatic heterocycles. The van der Waals surface area contributed by atoms with E-state index < -0.39 is 5.76 Å². The second-order valence-electron chi connectivity index (χ2n) is 5.52. The van der Waals surface area contributed by atoms with E-state index in [0.29, 0.717) is 11.1 Å². The van der Waals surface area contributed by atoms with E-state index in [1.54, 1.807) is 6.20 Å². The zero-order valence-electron chi connectivity index (χ0n) is 12.5. The lowest BCUT2D eigenvalue weighted by atomic mass is 9.95. The molecular weight excluding hydrogens is 290 g/mol. The van der Waals surface area contributed by atoms with Crippen LogP contribution >= 0.6 is 0 Å². The van der Waals surface area contributed by atoms with E-state index in [2.05, 4.69) is 21.0 Å². The van der Waals surface area contributed by atoms with Gasteiger partial charge in [0.25, 0.3) is 0 Å². The number of benzene rings is 1. The summed E-state index contributed by atoms with van der Waals surface area (Å²) in [5.74, 6) is -0.430. The summed E-state index contributed by atoms with van der Waals surface area (Å²) in [6.07, 6.45) is 7.72. The molecule has 1 aromatic carbocycles. The van der Waals surface area contributed by atoms with E-state index in [4.69, 9.17) is 4.42 Å². The molecule has 114 valence electrons. The Morgan fingerprint density at radius 1 is 1.26 bits per heavy atom. The van der Waals surface area contributed by atoms with Gasteiger partial charge in [-0.1, -0.05) is 6.07 Å². The Morgan fingerprint density at radius 2 is 2.22 bits per heavy atom. The lowest BCUT2D eigenvalue weighted by molar-refractivity contribution is 0.555. The van der Waals surface area contributed by atoms with E-state index in [-0.39, 0.29) is 0 Å². The first-order valence-corrected chi connectivity index (χ1v) is 7.58. The molecule has 0 amide bonds. The van der Waals surface area contributed by atoms with Crippen LogP contribution in [0.15, 0.2) is 62.5 Å². The fourth-order valence-electron chi connectivity index (χ4n) is 2.85. The summed E-state index contributed by atoms with van der Waals surface area (Å²) in [6, 6.07) is 9.65. The van der Waals surface area contributed by atoms with E-state index in [0.717, 1.165) is 36.2 Å². The second kappa shape index (κ2) is 5.68. The number of rotatable bonds is 2. The summed E-state index contributed by atoms with van der Waals surface area (Å²) < 4.78 is 5.13. The first-order valence-electron chi connectivity index (χ1n) is 7.58. The monoisotopic (exact) mass is 305 g/mol. The molecule has 0 fully saturated rings. The highest BCUT2D eigenvalue weighted by molar-refractivity contribution is 6.15. The molecule has 5 heteroatoms. The number of aromatic amines is 1. The predicted molar refractivity (Wildman–Crippen MR) is 89.7 cm³/mol. The van der Waals surface area contributed by atoms with Crippen LogP contribution in [-0.2, 0) is 0 Å². The number of hydrogen-bond donors (Lipinski definition) is 1. The zero-order chi connectivity index (χ0) is 15.6. The SMILES string of the molecule is O=c1[nH]c2ccc(C=C3CCCN=C3c3cccnc3)cc2o1. The number of aliphatic imine (C=N–C) groups is 1. The highest BCUT2D eigenvalue weighted by Crippen LogP contribution is 2.23. The summed E-state index contributed by atoms with van der Waals surface area (Å²) in [5.41, 5.74) is 5.49. The van der Waals surface area contributed by atoms with Crippen molar-refractivity contribution < 1.29 is 4.42 Å². The molecule has 1 N–H and O–H groups in total. The maximum Gasteiger partial charge on any atom is 0.417 e. The van der Waals surface area contributed by atoms with E-state index >= 15 is 0 Å². The van der Waals surface area contributed by atoms with Gasteiger partial charge < -0.3 is 4.42 Å². The molecule has 0 unspecified atom stereocenters. The third-order valence-corrected chi connectivity index (χ3v) is 3.90. The topological polar surface area (TPSA) is 71.2 Å². The van der Waals surface area contributed by atoms with Crippen LogP contribution in [0.5, 0.6) is 0 Å². The van der Waals surface area contributed by atoms with E-state index in [9.17, 15) is 4.79 Å². The Balaban J connectivity index is 1.76. The van der Waals surface area contributed by atoms with E-state index in [1.165, 1.54) is 5.57 Å².